The monoisotopic (exact) mass is 301 g/mol. The molecule has 0 amide bonds. The summed E-state index contributed by atoms with van der Waals surface area (Å²) in [6, 6.07) is 10.2. The quantitative estimate of drug-likeness (QED) is 0.800. The molecule has 0 bridgehead atoms. The van der Waals surface area contributed by atoms with E-state index in [1.165, 1.54) is 16.9 Å². The van der Waals surface area contributed by atoms with E-state index < -0.39 is 0 Å². The Kier molecular flexibility index (Phi) is 4.03. The van der Waals surface area contributed by atoms with Crippen molar-refractivity contribution in [3.8, 4) is 0 Å². The van der Waals surface area contributed by atoms with Gasteiger partial charge in [-0.25, -0.2) is 0 Å². The number of hydrogen-bond donors (Lipinski definition) is 0. The summed E-state index contributed by atoms with van der Waals surface area (Å²) in [5, 5.41) is 0. The Morgan fingerprint density at radius 1 is 1.20 bits per heavy atom. The van der Waals surface area contributed by atoms with Crippen LogP contribution in [0.1, 0.15) is 39.2 Å². The zero-order valence-corrected chi connectivity index (χ0v) is 12.5. The summed E-state index contributed by atoms with van der Waals surface area (Å²) in [6.07, 6.45) is 4.27. The van der Waals surface area contributed by atoms with Crippen molar-refractivity contribution >= 4 is 35.2 Å². The normalized spacial score (nSPS) is 14.1. The third-order valence-electron chi connectivity index (χ3n) is 3.39. The van der Waals surface area contributed by atoms with Gasteiger partial charge in [-0.05, 0) is 24.0 Å². The molecule has 0 spiro atoms. The van der Waals surface area contributed by atoms with E-state index in [4.69, 9.17) is 0 Å². The van der Waals surface area contributed by atoms with Crippen molar-refractivity contribution in [1.82, 2.24) is 0 Å². The number of carbonyl (C=O) groups is 1. The van der Waals surface area contributed by atoms with Crippen molar-refractivity contribution in [1.29, 1.82) is 0 Å². The van der Waals surface area contributed by atoms with Gasteiger partial charge < -0.3 is 0 Å². The summed E-state index contributed by atoms with van der Waals surface area (Å²) in [6.45, 7) is 0. The van der Waals surface area contributed by atoms with Crippen LogP contribution in [-0.2, 0) is 17.0 Å². The molecular weight excluding hydrogens is 288 g/mol. The van der Waals surface area contributed by atoms with E-state index >= 15 is 0 Å². The van der Waals surface area contributed by atoms with Crippen molar-refractivity contribution in [3.63, 3.8) is 0 Å². The number of rotatable bonds is 4. The number of thiophene rings is 1. The molecule has 1 heterocycles. The van der Waals surface area contributed by atoms with Crippen molar-refractivity contribution in [3.05, 3.63) is 51.9 Å². The van der Waals surface area contributed by atoms with Gasteiger partial charge in [0, 0.05) is 17.7 Å². The topological polar surface area (TPSA) is 34.1 Å². The molecule has 1 aliphatic carbocycles. The molecule has 20 heavy (non-hydrogen) atoms. The predicted molar refractivity (Wildman–Crippen MR) is 82.4 cm³/mol. The summed E-state index contributed by atoms with van der Waals surface area (Å²) in [4.78, 5) is 23.8. The first-order valence-electron chi connectivity index (χ1n) is 6.53. The van der Waals surface area contributed by atoms with Crippen LogP contribution in [0.25, 0.3) is 0 Å². The van der Waals surface area contributed by atoms with Gasteiger partial charge in [-0.3, -0.25) is 9.59 Å². The molecule has 0 saturated carbocycles. The number of hydrogen-bond acceptors (Lipinski definition) is 4. The van der Waals surface area contributed by atoms with E-state index in [9.17, 15) is 9.59 Å². The van der Waals surface area contributed by atoms with Crippen LogP contribution in [0.15, 0.2) is 34.5 Å². The second-order valence-corrected chi connectivity index (χ2v) is 6.99. The van der Waals surface area contributed by atoms with Crippen LogP contribution < -0.4 is 0 Å². The van der Waals surface area contributed by atoms with Crippen molar-refractivity contribution in [2.75, 3.05) is 0 Å². The van der Waals surface area contributed by atoms with E-state index in [0.717, 1.165) is 33.9 Å². The maximum atomic E-state index is 12.1. The lowest BCUT2D eigenvalue weighted by Crippen LogP contribution is -2.10. The third kappa shape index (κ3) is 2.58. The second kappa shape index (κ2) is 5.94. The van der Waals surface area contributed by atoms with Gasteiger partial charge in [-0.2, -0.15) is 0 Å². The van der Waals surface area contributed by atoms with Crippen LogP contribution in [-0.4, -0.2) is 12.1 Å². The average molecular weight is 301 g/mol. The largest absolute Gasteiger partial charge is 0.294 e. The minimum atomic E-state index is 0.180. The number of carbonyl (C=O) groups excluding carboxylic acids is 2. The van der Waals surface area contributed by atoms with Crippen LogP contribution >= 0.6 is 23.1 Å². The minimum absolute atomic E-state index is 0.180. The fraction of sp³-hybridized carbons (Fsp3) is 0.250. The average Bonchev–Trinajstić information content (AvgIpc) is 2.86. The third-order valence-corrected chi connectivity index (χ3v) is 5.86. The molecule has 3 rings (SSSR count). The van der Waals surface area contributed by atoms with Crippen LogP contribution in [0, 0.1) is 0 Å². The Bertz CT molecular complexity index is 644. The molecule has 1 radical (unpaired) electrons. The van der Waals surface area contributed by atoms with Gasteiger partial charge >= 0.3 is 0 Å². The van der Waals surface area contributed by atoms with E-state index in [1.54, 1.807) is 11.8 Å². The lowest BCUT2D eigenvalue weighted by atomic mass is 9.93. The number of fused-ring (bicyclic) bond motifs is 1. The highest BCUT2D eigenvalue weighted by atomic mass is 32.2. The van der Waals surface area contributed by atoms with Crippen molar-refractivity contribution in [2.24, 2.45) is 0 Å². The highest BCUT2D eigenvalue weighted by molar-refractivity contribution is 8.00. The molecule has 101 valence electrons. The van der Waals surface area contributed by atoms with Gasteiger partial charge in [0.2, 0.25) is 6.29 Å². The molecule has 2 nitrogen and oxygen atoms in total. The number of benzene rings is 1. The summed E-state index contributed by atoms with van der Waals surface area (Å²) in [7, 11) is 0. The van der Waals surface area contributed by atoms with Crippen LogP contribution in [0.3, 0.4) is 0 Å². The highest BCUT2D eigenvalue weighted by Crippen LogP contribution is 2.40. The Hall–Kier alpha value is -1.39. The molecule has 0 atom stereocenters. The van der Waals surface area contributed by atoms with Crippen LogP contribution in [0.2, 0.25) is 0 Å². The smallest absolute Gasteiger partial charge is 0.244 e. The highest BCUT2D eigenvalue weighted by Gasteiger charge is 2.26. The van der Waals surface area contributed by atoms with Gasteiger partial charge in [0.05, 0.1) is 9.09 Å². The lowest BCUT2D eigenvalue weighted by Gasteiger charge is -2.12. The van der Waals surface area contributed by atoms with Gasteiger partial charge in [-0.15, -0.1) is 23.1 Å². The zero-order valence-electron chi connectivity index (χ0n) is 10.8. The summed E-state index contributed by atoms with van der Waals surface area (Å²) in [5.41, 5.74) is 2.94. The molecule has 4 heteroatoms. The summed E-state index contributed by atoms with van der Waals surface area (Å²) < 4.78 is 0.979. The van der Waals surface area contributed by atoms with Gasteiger partial charge in [0.1, 0.15) is 0 Å². The lowest BCUT2D eigenvalue weighted by molar-refractivity contribution is 0.0970. The fourth-order valence-corrected chi connectivity index (χ4v) is 4.85. The van der Waals surface area contributed by atoms with E-state index in [2.05, 4.69) is 12.1 Å². The summed E-state index contributed by atoms with van der Waals surface area (Å²) >= 11 is 3.06. The number of thioether (sulfide) groups is 1. The first-order valence-corrected chi connectivity index (χ1v) is 8.33. The van der Waals surface area contributed by atoms with E-state index in [1.807, 2.05) is 24.5 Å². The predicted octanol–water partition coefficient (Wildman–Crippen LogP) is 4.02. The molecule has 0 N–H and O–H groups in total. The maximum Gasteiger partial charge on any atom is 0.244 e. The first kappa shape index (κ1) is 13.6. The fourth-order valence-electron chi connectivity index (χ4n) is 2.42. The Balaban J connectivity index is 1.88. The van der Waals surface area contributed by atoms with Crippen molar-refractivity contribution in [2.45, 2.75) is 29.2 Å². The van der Waals surface area contributed by atoms with Gasteiger partial charge in [-0.1, -0.05) is 30.3 Å². The summed E-state index contributed by atoms with van der Waals surface area (Å²) in [5.74, 6) is 0.999. The SMILES string of the molecule is O=[C]c1sc(SCc2ccccc2)c2c1CCCC2=O. The van der Waals surface area contributed by atoms with E-state index in [-0.39, 0.29) is 5.78 Å². The molecule has 0 saturated heterocycles. The molecule has 0 unspecified atom stereocenters. The molecule has 1 aromatic carbocycles. The number of Topliss-reactive ketones (excluding diaryl/α,β-unsaturated/α-hetero) is 1. The Morgan fingerprint density at radius 2 is 2.00 bits per heavy atom. The Labute approximate surface area is 126 Å². The first-order chi connectivity index (χ1) is 9.79. The molecule has 0 fully saturated rings. The molecule has 1 aromatic heterocycles. The van der Waals surface area contributed by atoms with Crippen LogP contribution in [0.4, 0.5) is 0 Å². The molecule has 2 aromatic rings. The maximum absolute atomic E-state index is 12.1. The van der Waals surface area contributed by atoms with Crippen LogP contribution in [0.5, 0.6) is 0 Å². The standard InChI is InChI=1S/C16H13O2S2/c17-9-14-12-7-4-8-13(18)15(12)16(20-14)19-10-11-5-2-1-3-6-11/h1-3,5-6H,4,7-8,10H2. The minimum Gasteiger partial charge on any atom is -0.294 e. The van der Waals surface area contributed by atoms with Gasteiger partial charge in [0.15, 0.2) is 5.78 Å². The molecular formula is C16H13O2S2. The number of ketones is 1. The van der Waals surface area contributed by atoms with Crippen molar-refractivity contribution < 1.29 is 9.59 Å². The molecule has 1 aliphatic rings. The van der Waals surface area contributed by atoms with Gasteiger partial charge in [0.25, 0.3) is 0 Å². The molecule has 0 aliphatic heterocycles. The second-order valence-electron chi connectivity index (χ2n) is 4.73. The Morgan fingerprint density at radius 3 is 2.75 bits per heavy atom. The zero-order chi connectivity index (χ0) is 13.9. The van der Waals surface area contributed by atoms with E-state index in [0.29, 0.717) is 11.3 Å².